The van der Waals surface area contributed by atoms with Gasteiger partial charge in [-0.05, 0) is 43.3 Å². The molecule has 0 aromatic rings. The first-order valence-corrected chi connectivity index (χ1v) is 7.54. The lowest BCUT2D eigenvalue weighted by molar-refractivity contribution is 0.509. The lowest BCUT2D eigenvalue weighted by Gasteiger charge is -2.32. The lowest BCUT2D eigenvalue weighted by atomic mass is 9.71. The molecule has 0 aromatic carbocycles. The Morgan fingerprint density at radius 2 is 1.83 bits per heavy atom. The summed E-state index contributed by atoms with van der Waals surface area (Å²) >= 11 is 0. The number of allylic oxidation sites excluding steroid dienone is 8. The Hall–Kier alpha value is -1.04. The van der Waals surface area contributed by atoms with Gasteiger partial charge in [0.1, 0.15) is 0 Å². The summed E-state index contributed by atoms with van der Waals surface area (Å²) in [5, 5.41) is 0. The van der Waals surface area contributed by atoms with Gasteiger partial charge in [-0.25, -0.2) is 0 Å². The molecule has 0 nitrogen and oxygen atoms in total. The summed E-state index contributed by atoms with van der Waals surface area (Å²) in [5.41, 5.74) is 6.80. The van der Waals surface area contributed by atoms with Crippen molar-refractivity contribution in [2.24, 2.45) is 5.41 Å². The molecule has 2 rings (SSSR count). The van der Waals surface area contributed by atoms with E-state index in [-0.39, 0.29) is 5.41 Å². The summed E-state index contributed by atoms with van der Waals surface area (Å²) in [6.45, 7) is 9.27. The molecule has 0 fully saturated rings. The van der Waals surface area contributed by atoms with E-state index < -0.39 is 0 Å². The van der Waals surface area contributed by atoms with Gasteiger partial charge in [-0.2, -0.15) is 0 Å². The van der Waals surface area contributed by atoms with E-state index in [2.05, 4.69) is 52.0 Å². The summed E-state index contributed by atoms with van der Waals surface area (Å²) in [6, 6.07) is 0. The van der Waals surface area contributed by atoms with Gasteiger partial charge < -0.3 is 0 Å². The zero-order chi connectivity index (χ0) is 13.2. The van der Waals surface area contributed by atoms with Crippen LogP contribution < -0.4 is 0 Å². The highest BCUT2D eigenvalue weighted by Crippen LogP contribution is 2.53. The molecule has 0 saturated carbocycles. The van der Waals surface area contributed by atoms with Gasteiger partial charge in [0.15, 0.2) is 0 Å². The van der Waals surface area contributed by atoms with Crippen LogP contribution in [0.5, 0.6) is 0 Å². The number of rotatable bonds is 5. The third-order valence-corrected chi connectivity index (χ3v) is 4.70. The van der Waals surface area contributed by atoms with Crippen LogP contribution >= 0.6 is 0 Å². The van der Waals surface area contributed by atoms with E-state index in [0.717, 1.165) is 6.42 Å². The van der Waals surface area contributed by atoms with Crippen molar-refractivity contribution in [1.82, 2.24) is 0 Å². The molecule has 2 aliphatic carbocycles. The van der Waals surface area contributed by atoms with Gasteiger partial charge in [0.25, 0.3) is 0 Å². The fraction of sp³-hybridized carbons (Fsp3) is 0.556. The molecule has 0 radical (unpaired) electrons. The van der Waals surface area contributed by atoms with Crippen LogP contribution in [0.1, 0.15) is 59.8 Å². The van der Waals surface area contributed by atoms with Crippen molar-refractivity contribution >= 4 is 0 Å². The highest BCUT2D eigenvalue weighted by Gasteiger charge is 2.39. The maximum absolute atomic E-state index is 2.59. The van der Waals surface area contributed by atoms with Crippen LogP contribution in [0.2, 0.25) is 0 Å². The van der Waals surface area contributed by atoms with Gasteiger partial charge in [-0.1, -0.05) is 63.1 Å². The molecule has 0 amide bonds. The topological polar surface area (TPSA) is 0 Å². The summed E-state index contributed by atoms with van der Waals surface area (Å²) < 4.78 is 0. The monoisotopic (exact) mass is 242 g/mol. The Morgan fingerprint density at radius 3 is 2.28 bits per heavy atom. The molecule has 18 heavy (non-hydrogen) atoms. The van der Waals surface area contributed by atoms with Crippen LogP contribution in [0, 0.1) is 5.41 Å². The van der Waals surface area contributed by atoms with Crippen molar-refractivity contribution < 1.29 is 0 Å². The van der Waals surface area contributed by atoms with Gasteiger partial charge in [0.2, 0.25) is 0 Å². The molecule has 2 aliphatic rings. The van der Waals surface area contributed by atoms with E-state index in [1.807, 2.05) is 0 Å². The molecule has 0 saturated heterocycles. The minimum atomic E-state index is 0.245. The summed E-state index contributed by atoms with van der Waals surface area (Å²) in [5.74, 6) is 0. The van der Waals surface area contributed by atoms with Crippen molar-refractivity contribution in [3.63, 3.8) is 0 Å². The minimum absolute atomic E-state index is 0.245. The molecule has 0 aliphatic heterocycles. The van der Waals surface area contributed by atoms with Gasteiger partial charge in [0, 0.05) is 5.41 Å². The Kier molecular flexibility index (Phi) is 3.94. The van der Waals surface area contributed by atoms with E-state index in [1.54, 1.807) is 22.3 Å². The van der Waals surface area contributed by atoms with Gasteiger partial charge >= 0.3 is 0 Å². The van der Waals surface area contributed by atoms with Crippen LogP contribution in [0.25, 0.3) is 0 Å². The molecule has 0 aromatic heterocycles. The van der Waals surface area contributed by atoms with Crippen LogP contribution in [0.4, 0.5) is 0 Å². The van der Waals surface area contributed by atoms with Crippen LogP contribution in [-0.2, 0) is 0 Å². The quantitative estimate of drug-likeness (QED) is 0.577. The Balaban J connectivity index is 2.53. The largest absolute Gasteiger partial charge is 0.0804 e. The summed E-state index contributed by atoms with van der Waals surface area (Å²) in [7, 11) is 0. The van der Waals surface area contributed by atoms with Gasteiger partial charge in [-0.3, -0.25) is 0 Å². The first-order chi connectivity index (χ1) is 8.73. The smallest absolute Gasteiger partial charge is 0.0315 e. The van der Waals surface area contributed by atoms with E-state index >= 15 is 0 Å². The SMILES string of the molecule is CCC1=CC(CC)(C2=CC=CC2)C(CC)=C1CC. The molecule has 0 N–H and O–H groups in total. The summed E-state index contributed by atoms with van der Waals surface area (Å²) in [6.07, 6.45) is 15.4. The van der Waals surface area contributed by atoms with Gasteiger partial charge in [-0.15, -0.1) is 0 Å². The molecule has 98 valence electrons. The first-order valence-electron chi connectivity index (χ1n) is 7.54. The predicted octanol–water partition coefficient (Wildman–Crippen LogP) is 5.74. The minimum Gasteiger partial charge on any atom is -0.0804 e. The highest BCUT2D eigenvalue weighted by atomic mass is 14.4. The average Bonchev–Trinajstić information content (AvgIpc) is 3.03. The second-order valence-corrected chi connectivity index (χ2v) is 5.34. The van der Waals surface area contributed by atoms with Crippen LogP contribution in [-0.4, -0.2) is 0 Å². The molecular weight excluding hydrogens is 216 g/mol. The normalized spacial score (nSPS) is 26.9. The molecule has 1 unspecified atom stereocenters. The van der Waals surface area contributed by atoms with E-state index in [9.17, 15) is 0 Å². The Bertz CT molecular complexity index is 443. The zero-order valence-electron chi connectivity index (χ0n) is 12.3. The first kappa shape index (κ1) is 13.4. The molecular formula is C18H26. The third-order valence-electron chi connectivity index (χ3n) is 4.70. The van der Waals surface area contributed by atoms with E-state index in [0.29, 0.717) is 0 Å². The number of hydrogen-bond acceptors (Lipinski definition) is 0. The zero-order valence-corrected chi connectivity index (χ0v) is 12.3. The van der Waals surface area contributed by atoms with Crippen molar-refractivity contribution in [1.29, 1.82) is 0 Å². The molecule has 0 bridgehead atoms. The van der Waals surface area contributed by atoms with Crippen molar-refractivity contribution in [3.05, 3.63) is 46.6 Å². The highest BCUT2D eigenvalue weighted by molar-refractivity contribution is 5.55. The van der Waals surface area contributed by atoms with Crippen LogP contribution in [0.3, 0.4) is 0 Å². The van der Waals surface area contributed by atoms with Crippen LogP contribution in [0.15, 0.2) is 46.6 Å². The maximum Gasteiger partial charge on any atom is 0.0315 e. The average molecular weight is 242 g/mol. The van der Waals surface area contributed by atoms with Crippen molar-refractivity contribution in [2.45, 2.75) is 59.8 Å². The Labute approximate surface area is 112 Å². The fourth-order valence-electron chi connectivity index (χ4n) is 3.83. The lowest BCUT2D eigenvalue weighted by Crippen LogP contribution is -2.20. The molecule has 1 atom stereocenters. The predicted molar refractivity (Wildman–Crippen MR) is 80.5 cm³/mol. The third kappa shape index (κ3) is 1.83. The standard InChI is InChI=1S/C18H26/c1-5-14-13-18(8-4,15-11-9-10-12-15)17(7-3)16(14)6-2/h9-11,13H,5-8,12H2,1-4H3. The van der Waals surface area contributed by atoms with E-state index in [4.69, 9.17) is 0 Å². The van der Waals surface area contributed by atoms with Crippen molar-refractivity contribution in [2.75, 3.05) is 0 Å². The fourth-order valence-corrected chi connectivity index (χ4v) is 3.83. The number of hydrogen-bond donors (Lipinski definition) is 0. The Morgan fingerprint density at radius 1 is 1.06 bits per heavy atom. The second-order valence-electron chi connectivity index (χ2n) is 5.34. The second kappa shape index (κ2) is 5.30. The molecule has 0 heterocycles. The maximum atomic E-state index is 2.59. The molecule has 0 spiro atoms. The summed E-state index contributed by atoms with van der Waals surface area (Å²) in [4.78, 5) is 0. The van der Waals surface area contributed by atoms with E-state index in [1.165, 1.54) is 25.7 Å². The van der Waals surface area contributed by atoms with Gasteiger partial charge in [0.05, 0.1) is 0 Å². The van der Waals surface area contributed by atoms with Crippen molar-refractivity contribution in [3.8, 4) is 0 Å². The molecule has 0 heteroatoms.